The topological polar surface area (TPSA) is 0 Å². The molecule has 0 bridgehead atoms. The lowest BCUT2D eigenvalue weighted by Crippen LogP contribution is -1.77. The molecule has 0 radical (unpaired) electrons. The molecule has 1 heteroatoms. The zero-order valence-corrected chi connectivity index (χ0v) is 4.45. The fourth-order valence-corrected chi connectivity index (χ4v) is 0.674. The molecule has 2 unspecified atom stereocenters. The van der Waals surface area contributed by atoms with E-state index in [0.717, 1.165) is 12.0 Å². The van der Waals surface area contributed by atoms with Gasteiger partial charge in [-0.15, -0.1) is 0 Å². The van der Waals surface area contributed by atoms with Gasteiger partial charge in [0.1, 0.15) is 6.17 Å². The van der Waals surface area contributed by atoms with Crippen molar-refractivity contribution in [1.29, 1.82) is 0 Å². The number of allylic oxidation sites excluding steroid dienone is 1. The molecule has 0 spiro atoms. The van der Waals surface area contributed by atoms with Gasteiger partial charge < -0.3 is 0 Å². The highest BCUT2D eigenvalue weighted by atomic mass is 18.2. The molecule has 1 fully saturated rings. The summed E-state index contributed by atoms with van der Waals surface area (Å²) in [7, 11) is 0. The second-order valence-electron chi connectivity index (χ2n) is 2.20. The lowest BCUT2D eigenvalue weighted by Gasteiger charge is -1.85. The summed E-state index contributed by atoms with van der Waals surface area (Å²) in [5.41, 5.74) is 0.993. The summed E-state index contributed by atoms with van der Waals surface area (Å²) >= 11 is 0. The monoisotopic (exact) mass is 99.1 g/mol. The second kappa shape index (κ2) is 1.32. The first kappa shape index (κ1) is 4.82. The van der Waals surface area contributed by atoms with Crippen LogP contribution >= 0.6 is 0 Å². The molecule has 0 aromatic rings. The number of hydrogen-bond acceptors (Lipinski definition) is 0. The summed E-state index contributed by atoms with van der Waals surface area (Å²) in [6, 6.07) is 0. The second-order valence-corrected chi connectivity index (χ2v) is 2.20. The summed E-state index contributed by atoms with van der Waals surface area (Å²) in [5, 5.41) is 0. The molecule has 0 aliphatic heterocycles. The van der Waals surface area contributed by atoms with Crippen LogP contribution in [0.1, 0.15) is 13.3 Å². The number of halogens is 1. The SMILES string of the molecule is C=C(C)C1CC1[18F]. The maximum absolute atomic E-state index is 12.0. The molecular formula is C6H9F. The lowest BCUT2D eigenvalue weighted by atomic mass is 10.2. The van der Waals surface area contributed by atoms with E-state index in [2.05, 4.69) is 6.58 Å². The van der Waals surface area contributed by atoms with Crippen molar-refractivity contribution in [3.05, 3.63) is 12.2 Å². The van der Waals surface area contributed by atoms with E-state index in [1.165, 1.54) is 0 Å². The smallest absolute Gasteiger partial charge is 0.107 e. The van der Waals surface area contributed by atoms with Crippen molar-refractivity contribution in [2.45, 2.75) is 19.5 Å². The van der Waals surface area contributed by atoms with Crippen LogP contribution < -0.4 is 0 Å². The predicted molar refractivity (Wildman–Crippen MR) is 27.8 cm³/mol. The fourth-order valence-electron chi connectivity index (χ4n) is 0.674. The molecule has 1 aliphatic rings. The molecule has 0 heterocycles. The molecule has 2 atom stereocenters. The van der Waals surface area contributed by atoms with E-state index in [-0.39, 0.29) is 5.92 Å². The van der Waals surface area contributed by atoms with Gasteiger partial charge in [-0.1, -0.05) is 12.2 Å². The minimum absolute atomic E-state index is 0.208. The van der Waals surface area contributed by atoms with Gasteiger partial charge in [-0.3, -0.25) is 0 Å². The van der Waals surface area contributed by atoms with Gasteiger partial charge in [0.25, 0.3) is 0 Å². The summed E-state index contributed by atoms with van der Waals surface area (Å²) < 4.78 is 12.0. The Morgan fingerprint density at radius 2 is 2.29 bits per heavy atom. The van der Waals surface area contributed by atoms with Crippen molar-refractivity contribution in [1.82, 2.24) is 0 Å². The quantitative estimate of drug-likeness (QED) is 0.440. The van der Waals surface area contributed by atoms with Gasteiger partial charge in [-0.2, -0.15) is 0 Å². The van der Waals surface area contributed by atoms with Crippen LogP contribution in [0.3, 0.4) is 0 Å². The molecule has 0 amide bonds. The molecule has 0 aromatic carbocycles. The summed E-state index contributed by atoms with van der Waals surface area (Å²) in [6.07, 6.45) is 0.160. The largest absolute Gasteiger partial charge is 0.247 e. The van der Waals surface area contributed by atoms with E-state index in [9.17, 15) is 4.39 Å². The first-order valence-corrected chi connectivity index (χ1v) is 2.51. The first-order valence-electron chi connectivity index (χ1n) is 2.51. The third-order valence-corrected chi connectivity index (χ3v) is 1.35. The Kier molecular flexibility index (Phi) is 0.911. The van der Waals surface area contributed by atoms with Crippen LogP contribution in [-0.2, 0) is 0 Å². The molecule has 40 valence electrons. The van der Waals surface area contributed by atoms with Crippen LogP contribution in [0, 0.1) is 5.92 Å². The number of alkyl halides is 1. The van der Waals surface area contributed by atoms with Crippen molar-refractivity contribution in [3.63, 3.8) is 0 Å². The van der Waals surface area contributed by atoms with E-state index in [1.807, 2.05) is 6.92 Å². The van der Waals surface area contributed by atoms with Gasteiger partial charge in [-0.05, 0) is 13.3 Å². The van der Waals surface area contributed by atoms with Crippen molar-refractivity contribution in [2.75, 3.05) is 0 Å². The van der Waals surface area contributed by atoms with Gasteiger partial charge in [0, 0.05) is 5.92 Å². The molecule has 1 rings (SSSR count). The molecule has 0 saturated heterocycles. The highest BCUT2D eigenvalue weighted by molar-refractivity contribution is 5.09. The van der Waals surface area contributed by atoms with Gasteiger partial charge in [0.05, 0.1) is 0 Å². The van der Waals surface area contributed by atoms with E-state index < -0.39 is 6.17 Å². The van der Waals surface area contributed by atoms with Gasteiger partial charge in [0.15, 0.2) is 0 Å². The van der Waals surface area contributed by atoms with Crippen molar-refractivity contribution < 1.29 is 4.39 Å². The van der Waals surface area contributed by atoms with Crippen LogP contribution in [0.15, 0.2) is 12.2 Å². The highest BCUT2D eigenvalue weighted by Crippen LogP contribution is 2.38. The summed E-state index contributed by atoms with van der Waals surface area (Å²) in [5.74, 6) is 0.208. The number of hydrogen-bond donors (Lipinski definition) is 0. The maximum atomic E-state index is 12.0. The van der Waals surface area contributed by atoms with Gasteiger partial charge in [-0.25, -0.2) is 4.39 Å². The average molecular weight is 99.1 g/mol. The van der Waals surface area contributed by atoms with Crippen molar-refractivity contribution in [2.24, 2.45) is 5.92 Å². The highest BCUT2D eigenvalue weighted by Gasteiger charge is 2.37. The third kappa shape index (κ3) is 0.817. The van der Waals surface area contributed by atoms with E-state index >= 15 is 0 Å². The zero-order valence-electron chi connectivity index (χ0n) is 4.45. The first-order chi connectivity index (χ1) is 3.22. The van der Waals surface area contributed by atoms with Crippen LogP contribution in [-0.4, -0.2) is 6.17 Å². The van der Waals surface area contributed by atoms with Crippen molar-refractivity contribution in [3.8, 4) is 0 Å². The van der Waals surface area contributed by atoms with Crippen LogP contribution in [0.4, 0.5) is 4.39 Å². The third-order valence-electron chi connectivity index (χ3n) is 1.35. The standard InChI is InChI=1S/C6H9F/c1-4(2)5-3-6(5)7/h5-6H,1,3H2,2H3/i7-1. The molecule has 0 nitrogen and oxygen atoms in total. The fraction of sp³-hybridized carbons (Fsp3) is 0.667. The Balaban J connectivity index is 2.33. The molecule has 0 aromatic heterocycles. The minimum atomic E-state index is -0.558. The Morgan fingerprint density at radius 3 is 2.29 bits per heavy atom. The Hall–Kier alpha value is -0.330. The minimum Gasteiger partial charge on any atom is -0.247 e. The van der Waals surface area contributed by atoms with Gasteiger partial charge >= 0.3 is 0 Å². The van der Waals surface area contributed by atoms with Crippen LogP contribution in [0.25, 0.3) is 0 Å². The van der Waals surface area contributed by atoms with E-state index in [4.69, 9.17) is 0 Å². The molecule has 1 saturated carbocycles. The molecule has 1 aliphatic carbocycles. The van der Waals surface area contributed by atoms with Gasteiger partial charge in [0.2, 0.25) is 0 Å². The lowest BCUT2D eigenvalue weighted by molar-refractivity contribution is 0.459. The Bertz CT molecular complexity index is 96.4. The van der Waals surface area contributed by atoms with Crippen molar-refractivity contribution >= 4 is 0 Å². The molecular weight excluding hydrogens is 90.1 g/mol. The summed E-state index contributed by atoms with van der Waals surface area (Å²) in [6.45, 7) is 5.51. The molecule has 7 heavy (non-hydrogen) atoms. The summed E-state index contributed by atoms with van der Waals surface area (Å²) in [4.78, 5) is 0. The van der Waals surface area contributed by atoms with E-state index in [0.29, 0.717) is 0 Å². The van der Waals surface area contributed by atoms with E-state index in [1.54, 1.807) is 0 Å². The predicted octanol–water partition coefficient (Wildman–Crippen LogP) is 1.92. The van der Waals surface area contributed by atoms with Crippen LogP contribution in [0.5, 0.6) is 0 Å². The Morgan fingerprint density at radius 1 is 1.86 bits per heavy atom. The Labute approximate surface area is 43.0 Å². The number of rotatable bonds is 1. The van der Waals surface area contributed by atoms with Crippen LogP contribution in [0.2, 0.25) is 0 Å². The maximum Gasteiger partial charge on any atom is 0.107 e. The average Bonchev–Trinajstić information content (AvgIpc) is 2.17. The molecule has 0 N–H and O–H groups in total. The normalized spacial score (nSPS) is 38.0. The zero-order chi connectivity index (χ0) is 5.44.